The molecule has 1 aliphatic rings. The van der Waals surface area contributed by atoms with Crippen molar-refractivity contribution in [2.75, 3.05) is 37.4 Å². The second-order valence-electron chi connectivity index (χ2n) is 5.08. The third-order valence-corrected chi connectivity index (χ3v) is 3.47. The summed E-state index contributed by atoms with van der Waals surface area (Å²) in [6.07, 6.45) is -1.35. The standard InChI is InChI=1S/C14H18FN3O3/c1-4-18(7-12(19)17(2)3)11-6-10-8(5-9(11)15)13(20)14(21)16-10/h5-6,13,20H,4,7H2,1-3H3,(H,16,21). The summed E-state index contributed by atoms with van der Waals surface area (Å²) >= 11 is 0. The van der Waals surface area contributed by atoms with Gasteiger partial charge in [-0.15, -0.1) is 0 Å². The normalized spacial score (nSPS) is 16.4. The smallest absolute Gasteiger partial charge is 0.257 e. The first-order valence-electron chi connectivity index (χ1n) is 6.62. The number of hydrogen-bond donors (Lipinski definition) is 2. The lowest BCUT2D eigenvalue weighted by Crippen LogP contribution is -2.37. The minimum atomic E-state index is -1.35. The van der Waals surface area contributed by atoms with Crippen LogP contribution < -0.4 is 10.2 Å². The van der Waals surface area contributed by atoms with E-state index in [0.717, 1.165) is 6.07 Å². The molecule has 1 aromatic carbocycles. The second-order valence-corrected chi connectivity index (χ2v) is 5.08. The van der Waals surface area contributed by atoms with Gasteiger partial charge in [-0.3, -0.25) is 9.59 Å². The third-order valence-electron chi connectivity index (χ3n) is 3.47. The van der Waals surface area contributed by atoms with Crippen molar-refractivity contribution in [2.45, 2.75) is 13.0 Å². The van der Waals surface area contributed by atoms with Crippen LogP contribution in [0.25, 0.3) is 0 Å². The molecule has 6 nitrogen and oxygen atoms in total. The predicted octanol–water partition coefficient (Wildman–Crippen LogP) is 0.726. The van der Waals surface area contributed by atoms with Crippen LogP contribution in [0.2, 0.25) is 0 Å². The molecule has 21 heavy (non-hydrogen) atoms. The maximum atomic E-state index is 14.2. The Kier molecular flexibility index (Phi) is 4.13. The average Bonchev–Trinajstić information content (AvgIpc) is 2.70. The van der Waals surface area contributed by atoms with Gasteiger partial charge in [0.05, 0.1) is 12.2 Å². The Balaban J connectivity index is 2.33. The van der Waals surface area contributed by atoms with Crippen molar-refractivity contribution in [3.8, 4) is 0 Å². The number of hydrogen-bond acceptors (Lipinski definition) is 4. The van der Waals surface area contributed by atoms with E-state index < -0.39 is 17.8 Å². The molecule has 1 aromatic rings. The van der Waals surface area contributed by atoms with Crippen LogP contribution in [0.4, 0.5) is 15.8 Å². The van der Waals surface area contributed by atoms with Gasteiger partial charge in [-0.25, -0.2) is 4.39 Å². The van der Waals surface area contributed by atoms with Crippen LogP contribution >= 0.6 is 0 Å². The van der Waals surface area contributed by atoms with E-state index in [0.29, 0.717) is 12.2 Å². The second kappa shape index (κ2) is 5.69. The fourth-order valence-corrected chi connectivity index (χ4v) is 2.17. The number of nitrogens with one attached hydrogen (secondary N) is 1. The van der Waals surface area contributed by atoms with Crippen molar-refractivity contribution in [1.82, 2.24) is 4.90 Å². The number of nitrogens with zero attached hydrogens (tertiary/aromatic N) is 2. The molecule has 0 bridgehead atoms. The van der Waals surface area contributed by atoms with Crippen LogP contribution in [-0.4, -0.2) is 49.0 Å². The molecule has 7 heteroatoms. The molecule has 2 rings (SSSR count). The molecule has 1 atom stereocenters. The van der Waals surface area contributed by atoms with Gasteiger partial charge >= 0.3 is 0 Å². The third kappa shape index (κ3) is 2.82. The Morgan fingerprint density at radius 2 is 2.10 bits per heavy atom. The largest absolute Gasteiger partial charge is 0.378 e. The highest BCUT2D eigenvalue weighted by Gasteiger charge is 2.30. The molecule has 0 aromatic heterocycles. The van der Waals surface area contributed by atoms with Gasteiger partial charge in [0.2, 0.25) is 5.91 Å². The van der Waals surface area contributed by atoms with Gasteiger partial charge < -0.3 is 20.2 Å². The first kappa shape index (κ1) is 15.2. The Morgan fingerprint density at radius 1 is 1.43 bits per heavy atom. The number of rotatable bonds is 4. The number of amides is 2. The van der Waals surface area contributed by atoms with E-state index in [1.165, 1.54) is 11.0 Å². The fourth-order valence-electron chi connectivity index (χ4n) is 2.17. The molecular weight excluding hydrogens is 277 g/mol. The van der Waals surface area contributed by atoms with Gasteiger partial charge in [0, 0.05) is 31.9 Å². The Labute approximate surface area is 122 Å². The Morgan fingerprint density at radius 3 is 2.67 bits per heavy atom. The average molecular weight is 295 g/mol. The summed E-state index contributed by atoms with van der Waals surface area (Å²) in [5.41, 5.74) is 0.816. The van der Waals surface area contributed by atoms with Gasteiger partial charge in [-0.2, -0.15) is 0 Å². The SMILES string of the molecule is CCN(CC(=O)N(C)C)c1cc2c(cc1F)C(O)C(=O)N2. The molecule has 2 amide bonds. The lowest BCUT2D eigenvalue weighted by atomic mass is 10.1. The van der Waals surface area contributed by atoms with Crippen molar-refractivity contribution in [1.29, 1.82) is 0 Å². The maximum Gasteiger partial charge on any atom is 0.257 e. The summed E-state index contributed by atoms with van der Waals surface area (Å²) < 4.78 is 14.2. The molecule has 0 spiro atoms. The van der Waals surface area contributed by atoms with Gasteiger partial charge in [-0.05, 0) is 19.1 Å². The maximum absolute atomic E-state index is 14.2. The fraction of sp³-hybridized carbons (Fsp3) is 0.429. The van der Waals surface area contributed by atoms with Crippen LogP contribution in [0.1, 0.15) is 18.6 Å². The zero-order chi connectivity index (χ0) is 15.7. The number of aliphatic hydroxyl groups is 1. The zero-order valence-corrected chi connectivity index (χ0v) is 12.2. The summed E-state index contributed by atoms with van der Waals surface area (Å²) in [7, 11) is 3.26. The first-order valence-corrected chi connectivity index (χ1v) is 6.62. The van der Waals surface area contributed by atoms with E-state index in [-0.39, 0.29) is 23.7 Å². The quantitative estimate of drug-likeness (QED) is 0.859. The van der Waals surface area contributed by atoms with Crippen LogP contribution in [0.3, 0.4) is 0 Å². The van der Waals surface area contributed by atoms with E-state index in [2.05, 4.69) is 5.32 Å². The monoisotopic (exact) mass is 295 g/mol. The van der Waals surface area contributed by atoms with Gasteiger partial charge in [0.15, 0.2) is 6.10 Å². The zero-order valence-electron chi connectivity index (χ0n) is 12.2. The van der Waals surface area contributed by atoms with E-state index in [1.807, 2.05) is 6.92 Å². The van der Waals surface area contributed by atoms with Crippen LogP contribution in [0.15, 0.2) is 12.1 Å². The van der Waals surface area contributed by atoms with Gasteiger partial charge in [0.1, 0.15) is 5.82 Å². The predicted molar refractivity (Wildman–Crippen MR) is 76.6 cm³/mol. The highest BCUT2D eigenvalue weighted by Crippen LogP contribution is 2.35. The highest BCUT2D eigenvalue weighted by molar-refractivity contribution is 6.02. The molecule has 0 fully saturated rings. The van der Waals surface area contributed by atoms with E-state index in [4.69, 9.17) is 0 Å². The van der Waals surface area contributed by atoms with Crippen molar-refractivity contribution < 1.29 is 19.1 Å². The van der Waals surface area contributed by atoms with Crippen molar-refractivity contribution in [2.24, 2.45) is 0 Å². The summed E-state index contributed by atoms with van der Waals surface area (Å²) in [4.78, 5) is 26.2. The minimum absolute atomic E-state index is 0.0374. The molecule has 0 saturated heterocycles. The molecule has 2 N–H and O–H groups in total. The van der Waals surface area contributed by atoms with Crippen molar-refractivity contribution in [3.05, 3.63) is 23.5 Å². The number of benzene rings is 1. The lowest BCUT2D eigenvalue weighted by Gasteiger charge is -2.25. The number of anilines is 2. The summed E-state index contributed by atoms with van der Waals surface area (Å²) in [6, 6.07) is 2.58. The minimum Gasteiger partial charge on any atom is -0.378 e. The van der Waals surface area contributed by atoms with Crippen LogP contribution in [-0.2, 0) is 9.59 Å². The van der Waals surface area contributed by atoms with E-state index in [1.54, 1.807) is 19.0 Å². The molecule has 1 heterocycles. The van der Waals surface area contributed by atoms with Crippen LogP contribution in [0, 0.1) is 5.82 Å². The summed E-state index contributed by atoms with van der Waals surface area (Å²) in [5, 5.41) is 12.1. The molecule has 1 unspecified atom stereocenters. The molecule has 0 saturated carbocycles. The Bertz CT molecular complexity index is 589. The molecule has 1 aliphatic heterocycles. The van der Waals surface area contributed by atoms with Gasteiger partial charge in [-0.1, -0.05) is 0 Å². The molecule has 0 radical (unpaired) electrons. The Hall–Kier alpha value is -2.15. The summed E-state index contributed by atoms with van der Waals surface area (Å²) in [6.45, 7) is 2.28. The van der Waals surface area contributed by atoms with Crippen molar-refractivity contribution in [3.63, 3.8) is 0 Å². The topological polar surface area (TPSA) is 72.9 Å². The van der Waals surface area contributed by atoms with E-state index in [9.17, 15) is 19.1 Å². The lowest BCUT2D eigenvalue weighted by molar-refractivity contribution is -0.127. The van der Waals surface area contributed by atoms with Crippen LogP contribution in [0.5, 0.6) is 0 Å². The number of carbonyl (C=O) groups excluding carboxylic acids is 2. The van der Waals surface area contributed by atoms with E-state index >= 15 is 0 Å². The number of carbonyl (C=O) groups is 2. The molecule has 114 valence electrons. The number of halogens is 1. The molecular formula is C14H18FN3O3. The number of likely N-dealkylation sites (N-methyl/N-ethyl adjacent to an activating group) is 2. The first-order chi connectivity index (χ1) is 9.85. The highest BCUT2D eigenvalue weighted by atomic mass is 19.1. The summed E-state index contributed by atoms with van der Waals surface area (Å²) in [5.74, 6) is -1.30. The number of aliphatic hydroxyl groups excluding tert-OH is 1. The van der Waals surface area contributed by atoms with Gasteiger partial charge in [0.25, 0.3) is 5.91 Å². The van der Waals surface area contributed by atoms with Crippen molar-refractivity contribution >= 4 is 23.2 Å². The number of fused-ring (bicyclic) bond motifs is 1. The molecule has 0 aliphatic carbocycles.